The lowest BCUT2D eigenvalue weighted by atomic mass is 9.75. The summed E-state index contributed by atoms with van der Waals surface area (Å²) in [5.41, 5.74) is 3.43. The Hall–Kier alpha value is -2.82. The molecule has 2 aromatic carbocycles. The van der Waals surface area contributed by atoms with E-state index in [2.05, 4.69) is 30.0 Å². The Bertz CT molecular complexity index is 932. The molecule has 2 aliphatic heterocycles. The molecule has 0 fully saturated rings. The van der Waals surface area contributed by atoms with Crippen LogP contribution in [0.25, 0.3) is 0 Å². The van der Waals surface area contributed by atoms with E-state index >= 15 is 0 Å². The second kappa shape index (κ2) is 6.36. The van der Waals surface area contributed by atoms with E-state index in [1.54, 1.807) is 0 Å². The summed E-state index contributed by atoms with van der Waals surface area (Å²) in [5.74, 6) is 0. The fourth-order valence-electron chi connectivity index (χ4n) is 4.39. The van der Waals surface area contributed by atoms with Crippen molar-refractivity contribution in [2.24, 2.45) is 5.10 Å². The van der Waals surface area contributed by atoms with Crippen LogP contribution in [0.2, 0.25) is 0 Å². The first-order valence-corrected chi connectivity index (χ1v) is 9.68. The second-order valence-corrected chi connectivity index (χ2v) is 8.83. The third-order valence-corrected chi connectivity index (χ3v) is 5.52. The standard InChI is InChI=1S/C23H27N3O2/c1-22(2,3)28-21(27)26-20-23(4,17-13-9-10-14-19(17)25(20)5)15-18(24-26)16-11-7-6-8-12-16/h6-14,20H,15H2,1-5H3/t20-,23-/m0/s1. The zero-order chi connectivity index (χ0) is 20.1. The van der Waals surface area contributed by atoms with Gasteiger partial charge in [-0.2, -0.15) is 10.1 Å². The lowest BCUT2D eigenvalue weighted by Gasteiger charge is -2.44. The number of para-hydroxylation sites is 1. The third-order valence-electron chi connectivity index (χ3n) is 5.52. The third kappa shape index (κ3) is 2.95. The van der Waals surface area contributed by atoms with E-state index in [4.69, 9.17) is 9.84 Å². The molecular formula is C23H27N3O2. The number of benzene rings is 2. The molecule has 2 atom stereocenters. The van der Waals surface area contributed by atoms with Crippen molar-refractivity contribution in [3.8, 4) is 0 Å². The number of hydrazone groups is 1. The van der Waals surface area contributed by atoms with E-state index in [1.165, 1.54) is 10.6 Å². The smallest absolute Gasteiger partial charge is 0.432 e. The lowest BCUT2D eigenvalue weighted by Crippen LogP contribution is -2.58. The highest BCUT2D eigenvalue weighted by molar-refractivity contribution is 6.03. The molecular weight excluding hydrogens is 350 g/mol. The Labute approximate surface area is 166 Å². The highest BCUT2D eigenvalue weighted by Gasteiger charge is 2.54. The van der Waals surface area contributed by atoms with Gasteiger partial charge in [0.05, 0.1) is 5.71 Å². The zero-order valence-electron chi connectivity index (χ0n) is 17.1. The number of hydrogen-bond donors (Lipinski definition) is 0. The van der Waals surface area contributed by atoms with Gasteiger partial charge in [0, 0.05) is 24.6 Å². The minimum Gasteiger partial charge on any atom is -0.442 e. The highest BCUT2D eigenvalue weighted by Crippen LogP contribution is 2.50. The van der Waals surface area contributed by atoms with Crippen LogP contribution in [0.5, 0.6) is 0 Å². The van der Waals surface area contributed by atoms with Crippen molar-refractivity contribution in [1.29, 1.82) is 0 Å². The van der Waals surface area contributed by atoms with Gasteiger partial charge in [0.25, 0.3) is 0 Å². The largest absolute Gasteiger partial charge is 0.442 e. The summed E-state index contributed by atoms with van der Waals surface area (Å²) in [4.78, 5) is 15.3. The molecule has 0 aliphatic carbocycles. The Morgan fingerprint density at radius 3 is 2.43 bits per heavy atom. The molecule has 0 saturated carbocycles. The highest BCUT2D eigenvalue weighted by atomic mass is 16.6. The molecule has 0 bridgehead atoms. The van der Waals surface area contributed by atoms with Crippen LogP contribution in [0, 0.1) is 0 Å². The topological polar surface area (TPSA) is 45.1 Å². The van der Waals surface area contributed by atoms with Crippen molar-refractivity contribution in [3.05, 3.63) is 65.7 Å². The molecule has 4 rings (SSSR count). The van der Waals surface area contributed by atoms with Gasteiger partial charge in [-0.25, -0.2) is 4.79 Å². The molecule has 28 heavy (non-hydrogen) atoms. The van der Waals surface area contributed by atoms with Crippen molar-refractivity contribution < 1.29 is 9.53 Å². The molecule has 2 aliphatic rings. The van der Waals surface area contributed by atoms with E-state index in [1.807, 2.05) is 64.2 Å². The number of anilines is 1. The summed E-state index contributed by atoms with van der Waals surface area (Å²) in [5, 5.41) is 6.33. The van der Waals surface area contributed by atoms with Crippen LogP contribution >= 0.6 is 0 Å². The van der Waals surface area contributed by atoms with Gasteiger partial charge in [0.2, 0.25) is 0 Å². The number of fused-ring (bicyclic) bond motifs is 3. The summed E-state index contributed by atoms with van der Waals surface area (Å²) in [6.45, 7) is 7.85. The molecule has 2 aromatic rings. The first kappa shape index (κ1) is 18.5. The Morgan fingerprint density at radius 2 is 1.75 bits per heavy atom. The predicted molar refractivity (Wildman–Crippen MR) is 112 cm³/mol. The molecule has 146 valence electrons. The van der Waals surface area contributed by atoms with Gasteiger partial charge in [0.1, 0.15) is 11.8 Å². The van der Waals surface area contributed by atoms with Crippen LogP contribution in [0.1, 0.15) is 45.2 Å². The molecule has 0 aromatic heterocycles. The Balaban J connectivity index is 1.84. The minimum absolute atomic E-state index is 0.229. The lowest BCUT2D eigenvalue weighted by molar-refractivity contribution is 0.00713. The van der Waals surface area contributed by atoms with E-state index in [-0.39, 0.29) is 11.6 Å². The fourth-order valence-corrected chi connectivity index (χ4v) is 4.39. The van der Waals surface area contributed by atoms with Gasteiger partial charge in [-0.05, 0) is 38.0 Å². The number of amides is 1. The maximum atomic E-state index is 13.1. The van der Waals surface area contributed by atoms with Crippen molar-refractivity contribution >= 4 is 17.5 Å². The molecule has 0 spiro atoms. The predicted octanol–water partition coefficient (Wildman–Crippen LogP) is 4.77. The maximum absolute atomic E-state index is 13.1. The Kier molecular flexibility index (Phi) is 4.21. The van der Waals surface area contributed by atoms with Crippen LogP contribution in [-0.2, 0) is 10.2 Å². The number of hydrogen-bond acceptors (Lipinski definition) is 4. The van der Waals surface area contributed by atoms with Crippen LogP contribution < -0.4 is 4.90 Å². The van der Waals surface area contributed by atoms with Crippen LogP contribution in [0.15, 0.2) is 59.7 Å². The van der Waals surface area contributed by atoms with Gasteiger partial charge < -0.3 is 9.64 Å². The average Bonchev–Trinajstić information content (AvgIpc) is 2.88. The van der Waals surface area contributed by atoms with Crippen LogP contribution in [0.3, 0.4) is 0 Å². The first-order chi connectivity index (χ1) is 13.2. The van der Waals surface area contributed by atoms with Crippen molar-refractivity contribution in [3.63, 3.8) is 0 Å². The number of ether oxygens (including phenoxy) is 1. The summed E-state index contributed by atoms with van der Waals surface area (Å²) < 4.78 is 5.71. The van der Waals surface area contributed by atoms with Crippen LogP contribution in [-0.4, -0.2) is 35.6 Å². The molecule has 5 heteroatoms. The summed E-state index contributed by atoms with van der Waals surface area (Å²) in [6.07, 6.45) is 0.103. The van der Waals surface area contributed by atoms with Gasteiger partial charge in [-0.3, -0.25) is 0 Å². The number of nitrogens with zero attached hydrogens (tertiary/aromatic N) is 3. The average molecular weight is 377 g/mol. The SMILES string of the molecule is CN1c2ccccc2[C@]2(C)CC(c3ccccc3)=NN(C(=O)OC(C)(C)C)[C@H]12. The van der Waals surface area contributed by atoms with E-state index < -0.39 is 11.7 Å². The molecule has 0 saturated heterocycles. The number of carbonyl (C=O) groups is 1. The van der Waals surface area contributed by atoms with E-state index in [9.17, 15) is 4.79 Å². The summed E-state index contributed by atoms with van der Waals surface area (Å²) in [7, 11) is 2.02. The second-order valence-electron chi connectivity index (χ2n) is 8.83. The van der Waals surface area contributed by atoms with Gasteiger partial charge in [0.15, 0.2) is 0 Å². The van der Waals surface area contributed by atoms with Gasteiger partial charge in [-0.15, -0.1) is 0 Å². The first-order valence-electron chi connectivity index (χ1n) is 9.68. The molecule has 5 nitrogen and oxygen atoms in total. The molecule has 1 amide bonds. The molecule has 0 radical (unpaired) electrons. The Morgan fingerprint density at radius 1 is 1.11 bits per heavy atom. The maximum Gasteiger partial charge on any atom is 0.432 e. The zero-order valence-corrected chi connectivity index (χ0v) is 17.1. The molecule has 0 N–H and O–H groups in total. The number of carbonyl (C=O) groups excluding carboxylic acids is 1. The summed E-state index contributed by atoms with van der Waals surface area (Å²) in [6, 6.07) is 18.4. The number of rotatable bonds is 1. The molecule has 2 heterocycles. The van der Waals surface area contributed by atoms with Crippen molar-refractivity contribution in [2.75, 3.05) is 11.9 Å². The van der Waals surface area contributed by atoms with Gasteiger partial charge in [-0.1, -0.05) is 55.5 Å². The normalized spacial score (nSPS) is 23.8. The fraction of sp³-hybridized carbons (Fsp3) is 0.391. The summed E-state index contributed by atoms with van der Waals surface area (Å²) >= 11 is 0. The van der Waals surface area contributed by atoms with Crippen LogP contribution in [0.4, 0.5) is 10.5 Å². The number of likely N-dealkylation sites (N-methyl/N-ethyl adjacent to an activating group) is 1. The minimum atomic E-state index is -0.586. The quantitative estimate of drug-likeness (QED) is 0.719. The monoisotopic (exact) mass is 377 g/mol. The van der Waals surface area contributed by atoms with Gasteiger partial charge >= 0.3 is 6.09 Å². The van der Waals surface area contributed by atoms with Crippen molar-refractivity contribution in [2.45, 2.75) is 51.3 Å². The van der Waals surface area contributed by atoms with Crippen molar-refractivity contribution in [1.82, 2.24) is 5.01 Å². The molecule has 0 unspecified atom stereocenters. The van der Waals surface area contributed by atoms with E-state index in [0.717, 1.165) is 23.4 Å². The van der Waals surface area contributed by atoms with E-state index in [0.29, 0.717) is 0 Å².